The number of rotatable bonds is 2. The highest BCUT2D eigenvalue weighted by atomic mass is 19.4. The van der Waals surface area contributed by atoms with Crippen molar-refractivity contribution in [1.82, 2.24) is 9.97 Å². The highest BCUT2D eigenvalue weighted by Gasteiger charge is 2.32. The van der Waals surface area contributed by atoms with E-state index in [1.165, 1.54) is 12.1 Å². The number of nitrogens with zero attached hydrogens (tertiary/aromatic N) is 1. The predicted molar refractivity (Wildman–Crippen MR) is 80.7 cm³/mol. The Morgan fingerprint density at radius 1 is 1.09 bits per heavy atom. The molecule has 0 fully saturated rings. The molecule has 0 aliphatic heterocycles. The molecule has 3 N–H and O–H groups in total. The summed E-state index contributed by atoms with van der Waals surface area (Å²) in [6, 6.07) is 8.70. The van der Waals surface area contributed by atoms with Crippen LogP contribution in [0.2, 0.25) is 0 Å². The third-order valence-corrected chi connectivity index (χ3v) is 3.49. The van der Waals surface area contributed by atoms with Crippen molar-refractivity contribution in [3.63, 3.8) is 0 Å². The van der Waals surface area contributed by atoms with E-state index in [4.69, 9.17) is 5.73 Å². The van der Waals surface area contributed by atoms with Gasteiger partial charge in [0.2, 0.25) is 0 Å². The van der Waals surface area contributed by atoms with E-state index in [2.05, 4.69) is 9.97 Å². The number of H-pyrrole nitrogens is 1. The van der Waals surface area contributed by atoms with Gasteiger partial charge in [0.15, 0.2) is 5.43 Å². The highest BCUT2D eigenvalue weighted by Crippen LogP contribution is 2.29. The summed E-state index contributed by atoms with van der Waals surface area (Å²) in [5, 5.41) is 0.444. The van der Waals surface area contributed by atoms with Gasteiger partial charge >= 0.3 is 6.18 Å². The van der Waals surface area contributed by atoms with E-state index in [-0.39, 0.29) is 12.0 Å². The second kappa shape index (κ2) is 5.51. The molecule has 23 heavy (non-hydrogen) atoms. The zero-order valence-corrected chi connectivity index (χ0v) is 11.8. The van der Waals surface area contributed by atoms with E-state index in [0.717, 1.165) is 12.3 Å². The zero-order chi connectivity index (χ0) is 16.6. The minimum atomic E-state index is -4.47. The van der Waals surface area contributed by atoms with Gasteiger partial charge in [0, 0.05) is 41.0 Å². The van der Waals surface area contributed by atoms with Crippen molar-refractivity contribution in [2.75, 3.05) is 0 Å². The van der Waals surface area contributed by atoms with Crippen LogP contribution in [0.4, 0.5) is 13.2 Å². The first-order valence-electron chi connectivity index (χ1n) is 6.78. The first kappa shape index (κ1) is 15.2. The standard InChI is InChI=1S/C16H12F3N3O/c17-16(18,19)15-4-2-10(8-21-15)9-1-3-13-12(5-9)14(23)6-11(7-20)22-13/h1-6,8H,7,20H2,(H,22,23). The fraction of sp³-hybridized carbons (Fsp3) is 0.125. The molecule has 0 amide bonds. The van der Waals surface area contributed by atoms with Gasteiger partial charge in [0.25, 0.3) is 0 Å². The molecule has 0 aliphatic rings. The lowest BCUT2D eigenvalue weighted by Crippen LogP contribution is -2.08. The summed E-state index contributed by atoms with van der Waals surface area (Å²) >= 11 is 0. The SMILES string of the molecule is NCc1cc(=O)c2cc(-c3ccc(C(F)(F)F)nc3)ccc2[nH]1. The number of hydrogen-bond donors (Lipinski definition) is 2. The smallest absolute Gasteiger partial charge is 0.357 e. The Morgan fingerprint density at radius 2 is 1.83 bits per heavy atom. The number of fused-ring (bicyclic) bond motifs is 1. The molecule has 0 spiro atoms. The monoisotopic (exact) mass is 319 g/mol. The zero-order valence-electron chi connectivity index (χ0n) is 11.8. The molecule has 2 aromatic heterocycles. The van der Waals surface area contributed by atoms with E-state index in [1.54, 1.807) is 18.2 Å². The van der Waals surface area contributed by atoms with Crippen molar-refractivity contribution >= 4 is 10.9 Å². The van der Waals surface area contributed by atoms with Crippen LogP contribution in [0.3, 0.4) is 0 Å². The third-order valence-electron chi connectivity index (χ3n) is 3.49. The molecule has 7 heteroatoms. The molecule has 3 rings (SSSR count). The number of hydrogen-bond acceptors (Lipinski definition) is 3. The van der Waals surface area contributed by atoms with Crippen LogP contribution >= 0.6 is 0 Å². The van der Waals surface area contributed by atoms with Crippen LogP contribution in [0.25, 0.3) is 22.0 Å². The lowest BCUT2D eigenvalue weighted by molar-refractivity contribution is -0.141. The van der Waals surface area contributed by atoms with Gasteiger partial charge in [-0.2, -0.15) is 13.2 Å². The average molecular weight is 319 g/mol. The maximum Gasteiger partial charge on any atom is 0.433 e. The number of aromatic amines is 1. The van der Waals surface area contributed by atoms with Crippen molar-refractivity contribution in [2.24, 2.45) is 5.73 Å². The van der Waals surface area contributed by atoms with Gasteiger partial charge in [0.05, 0.1) is 0 Å². The maximum atomic E-state index is 12.5. The van der Waals surface area contributed by atoms with Gasteiger partial charge in [-0.1, -0.05) is 12.1 Å². The summed E-state index contributed by atoms with van der Waals surface area (Å²) in [4.78, 5) is 18.6. The summed E-state index contributed by atoms with van der Waals surface area (Å²) in [5.41, 5.74) is 6.73. The molecule has 0 radical (unpaired) electrons. The van der Waals surface area contributed by atoms with Crippen LogP contribution in [-0.2, 0) is 12.7 Å². The normalized spacial score (nSPS) is 11.8. The molecule has 118 valence electrons. The summed E-state index contributed by atoms with van der Waals surface area (Å²) in [5.74, 6) is 0. The van der Waals surface area contributed by atoms with E-state index >= 15 is 0 Å². The molecule has 0 saturated heterocycles. The average Bonchev–Trinajstić information content (AvgIpc) is 2.53. The molecular formula is C16H12F3N3O. The van der Waals surface area contributed by atoms with Crippen LogP contribution in [0.5, 0.6) is 0 Å². The fourth-order valence-electron chi connectivity index (χ4n) is 2.32. The minimum absolute atomic E-state index is 0.194. The summed E-state index contributed by atoms with van der Waals surface area (Å²) in [6.07, 6.45) is -3.33. The molecule has 4 nitrogen and oxygen atoms in total. The van der Waals surface area contributed by atoms with Gasteiger partial charge in [-0.3, -0.25) is 9.78 Å². The van der Waals surface area contributed by atoms with Crippen molar-refractivity contribution in [3.8, 4) is 11.1 Å². The van der Waals surface area contributed by atoms with Gasteiger partial charge in [-0.05, 0) is 23.8 Å². The van der Waals surface area contributed by atoms with Gasteiger partial charge in [-0.15, -0.1) is 0 Å². The first-order chi connectivity index (χ1) is 10.9. The van der Waals surface area contributed by atoms with E-state index in [0.29, 0.717) is 27.7 Å². The Labute approximate surface area is 128 Å². The number of nitrogens with two attached hydrogens (primary N) is 1. The Hall–Kier alpha value is -2.67. The second-order valence-electron chi connectivity index (χ2n) is 5.05. The van der Waals surface area contributed by atoms with Gasteiger partial charge < -0.3 is 10.7 Å². The Kier molecular flexibility index (Phi) is 3.65. The summed E-state index contributed by atoms with van der Waals surface area (Å²) < 4.78 is 37.6. The predicted octanol–water partition coefficient (Wildman–Crippen LogP) is 3.07. The highest BCUT2D eigenvalue weighted by molar-refractivity contribution is 5.84. The first-order valence-corrected chi connectivity index (χ1v) is 6.78. The molecule has 2 heterocycles. The fourth-order valence-corrected chi connectivity index (χ4v) is 2.32. The summed E-state index contributed by atoms with van der Waals surface area (Å²) in [6.45, 7) is 0.218. The topological polar surface area (TPSA) is 71.8 Å². The number of halogens is 3. The molecule has 3 aromatic rings. The van der Waals surface area contributed by atoms with Crippen molar-refractivity contribution in [1.29, 1.82) is 0 Å². The van der Waals surface area contributed by atoms with E-state index in [1.807, 2.05) is 0 Å². The van der Waals surface area contributed by atoms with Crippen LogP contribution in [0, 0.1) is 0 Å². The molecule has 1 aromatic carbocycles. The number of benzene rings is 1. The van der Waals surface area contributed by atoms with Crippen LogP contribution < -0.4 is 11.2 Å². The molecule has 0 bridgehead atoms. The number of aromatic nitrogens is 2. The quantitative estimate of drug-likeness (QED) is 0.762. The largest absolute Gasteiger partial charge is 0.433 e. The van der Waals surface area contributed by atoms with Crippen molar-refractivity contribution in [3.05, 3.63) is 64.2 Å². The van der Waals surface area contributed by atoms with E-state index < -0.39 is 11.9 Å². The number of nitrogens with one attached hydrogen (secondary N) is 1. The Balaban J connectivity index is 2.07. The third kappa shape index (κ3) is 2.95. The second-order valence-corrected chi connectivity index (χ2v) is 5.05. The van der Waals surface area contributed by atoms with E-state index in [9.17, 15) is 18.0 Å². The molecular weight excluding hydrogens is 307 g/mol. The summed E-state index contributed by atoms with van der Waals surface area (Å²) in [7, 11) is 0. The van der Waals surface area contributed by atoms with Crippen LogP contribution in [0.15, 0.2) is 47.4 Å². The van der Waals surface area contributed by atoms with Gasteiger partial charge in [0.1, 0.15) is 5.69 Å². The lowest BCUT2D eigenvalue weighted by Gasteiger charge is -2.08. The number of alkyl halides is 3. The van der Waals surface area contributed by atoms with Gasteiger partial charge in [-0.25, -0.2) is 0 Å². The molecule has 0 atom stereocenters. The minimum Gasteiger partial charge on any atom is -0.357 e. The Morgan fingerprint density at radius 3 is 2.43 bits per heavy atom. The molecule has 0 aliphatic carbocycles. The lowest BCUT2D eigenvalue weighted by atomic mass is 10.0. The van der Waals surface area contributed by atoms with Crippen molar-refractivity contribution in [2.45, 2.75) is 12.7 Å². The maximum absolute atomic E-state index is 12.5. The van der Waals surface area contributed by atoms with Crippen molar-refractivity contribution < 1.29 is 13.2 Å². The van der Waals surface area contributed by atoms with Crippen LogP contribution in [0.1, 0.15) is 11.4 Å². The molecule has 0 saturated carbocycles. The Bertz CT molecular complexity index is 914. The molecule has 0 unspecified atom stereocenters. The van der Waals surface area contributed by atoms with Crippen LogP contribution in [-0.4, -0.2) is 9.97 Å². The number of pyridine rings is 2.